The first-order valence-electron chi connectivity index (χ1n) is 5.82. The molecule has 8 heteroatoms. The maximum Gasteiger partial charge on any atom is 0.269 e. The number of hydrogen-bond acceptors (Lipinski definition) is 5. The van der Waals surface area contributed by atoms with Crippen LogP contribution in [-0.4, -0.2) is 36.8 Å². The summed E-state index contributed by atoms with van der Waals surface area (Å²) < 4.78 is 25.9. The molecule has 0 bridgehead atoms. The van der Waals surface area contributed by atoms with Crippen molar-refractivity contribution in [1.82, 2.24) is 4.31 Å². The lowest BCUT2D eigenvalue weighted by Gasteiger charge is -2.15. The van der Waals surface area contributed by atoms with Crippen LogP contribution in [0.15, 0.2) is 29.2 Å². The monoisotopic (exact) mass is 285 g/mol. The molecule has 1 aromatic carbocycles. The Bertz CT molecular complexity index is 574. The molecule has 1 heterocycles. The molecule has 1 saturated heterocycles. The first kappa shape index (κ1) is 13.9. The molecule has 2 rings (SSSR count). The van der Waals surface area contributed by atoms with Gasteiger partial charge in [0, 0.05) is 31.3 Å². The Balaban J connectivity index is 2.27. The fourth-order valence-electron chi connectivity index (χ4n) is 2.03. The van der Waals surface area contributed by atoms with Gasteiger partial charge in [-0.15, -0.1) is 0 Å². The molecule has 104 valence electrons. The number of nitro benzene ring substituents is 1. The number of rotatable bonds is 3. The van der Waals surface area contributed by atoms with E-state index in [1.165, 1.54) is 28.6 Å². The standard InChI is InChI=1S/C11H15N3O4S/c1-8-6-13(7-11(8)12)19(17,18)10-4-2-9(3-5-10)14(15)16/h2-5,8,11H,6-7,12H2,1H3/t8-,11-/m1/s1. The Labute approximate surface area is 111 Å². The molecule has 0 aromatic heterocycles. The van der Waals surface area contributed by atoms with Gasteiger partial charge < -0.3 is 5.73 Å². The van der Waals surface area contributed by atoms with Crippen LogP contribution in [0.1, 0.15) is 6.92 Å². The third kappa shape index (κ3) is 2.60. The smallest absolute Gasteiger partial charge is 0.269 e. The van der Waals surface area contributed by atoms with Gasteiger partial charge in [-0.1, -0.05) is 6.92 Å². The molecule has 19 heavy (non-hydrogen) atoms. The molecule has 0 amide bonds. The summed E-state index contributed by atoms with van der Waals surface area (Å²) in [4.78, 5) is 10.0. The van der Waals surface area contributed by atoms with Gasteiger partial charge in [0.05, 0.1) is 9.82 Å². The molecular weight excluding hydrogens is 270 g/mol. The summed E-state index contributed by atoms with van der Waals surface area (Å²) in [5.41, 5.74) is 5.68. The quantitative estimate of drug-likeness (QED) is 0.645. The van der Waals surface area contributed by atoms with Crippen LogP contribution in [0.5, 0.6) is 0 Å². The van der Waals surface area contributed by atoms with E-state index < -0.39 is 14.9 Å². The topological polar surface area (TPSA) is 107 Å². The molecule has 0 spiro atoms. The summed E-state index contributed by atoms with van der Waals surface area (Å²) in [6.07, 6.45) is 0. The summed E-state index contributed by atoms with van der Waals surface area (Å²) in [6, 6.07) is 4.70. The van der Waals surface area contributed by atoms with E-state index in [-0.39, 0.29) is 29.1 Å². The van der Waals surface area contributed by atoms with Gasteiger partial charge in [-0.25, -0.2) is 8.42 Å². The maximum atomic E-state index is 12.3. The van der Waals surface area contributed by atoms with Gasteiger partial charge in [-0.3, -0.25) is 10.1 Å². The average Bonchev–Trinajstić information content (AvgIpc) is 2.70. The van der Waals surface area contributed by atoms with Crippen molar-refractivity contribution in [3.63, 3.8) is 0 Å². The highest BCUT2D eigenvalue weighted by atomic mass is 32.2. The summed E-state index contributed by atoms with van der Waals surface area (Å²) >= 11 is 0. The number of sulfonamides is 1. The molecule has 0 unspecified atom stereocenters. The Morgan fingerprint density at radius 1 is 1.32 bits per heavy atom. The molecule has 2 N–H and O–H groups in total. The lowest BCUT2D eigenvalue weighted by molar-refractivity contribution is -0.384. The Kier molecular flexibility index (Phi) is 3.57. The van der Waals surface area contributed by atoms with Gasteiger partial charge in [0.2, 0.25) is 10.0 Å². The Morgan fingerprint density at radius 3 is 2.32 bits per heavy atom. The van der Waals surface area contributed by atoms with Crippen LogP contribution in [0.25, 0.3) is 0 Å². The first-order chi connectivity index (χ1) is 8.82. The number of hydrogen-bond donors (Lipinski definition) is 1. The minimum atomic E-state index is -3.62. The van der Waals surface area contributed by atoms with E-state index in [1.807, 2.05) is 6.92 Å². The number of benzene rings is 1. The third-order valence-corrected chi connectivity index (χ3v) is 5.17. The van der Waals surface area contributed by atoms with Crippen LogP contribution in [-0.2, 0) is 10.0 Å². The second-order valence-electron chi connectivity index (χ2n) is 4.71. The molecule has 1 aliphatic heterocycles. The molecule has 1 fully saturated rings. The number of nitrogens with zero attached hydrogens (tertiary/aromatic N) is 2. The fraction of sp³-hybridized carbons (Fsp3) is 0.455. The minimum Gasteiger partial charge on any atom is -0.326 e. The van der Waals surface area contributed by atoms with Crippen molar-refractivity contribution in [2.24, 2.45) is 11.7 Å². The second-order valence-corrected chi connectivity index (χ2v) is 6.65. The van der Waals surface area contributed by atoms with E-state index in [0.29, 0.717) is 6.54 Å². The summed E-state index contributed by atoms with van der Waals surface area (Å²) in [6.45, 7) is 2.55. The Hall–Kier alpha value is -1.51. The zero-order valence-electron chi connectivity index (χ0n) is 10.4. The number of nitro groups is 1. The van der Waals surface area contributed by atoms with E-state index in [0.717, 1.165) is 0 Å². The van der Waals surface area contributed by atoms with Crippen molar-refractivity contribution >= 4 is 15.7 Å². The van der Waals surface area contributed by atoms with Crippen molar-refractivity contribution in [3.8, 4) is 0 Å². The van der Waals surface area contributed by atoms with Gasteiger partial charge in [-0.05, 0) is 18.1 Å². The van der Waals surface area contributed by atoms with E-state index in [9.17, 15) is 18.5 Å². The molecule has 0 radical (unpaired) electrons. The molecule has 0 saturated carbocycles. The lowest BCUT2D eigenvalue weighted by Crippen LogP contribution is -2.32. The van der Waals surface area contributed by atoms with Crippen LogP contribution in [0.2, 0.25) is 0 Å². The second kappa shape index (κ2) is 4.87. The molecule has 1 aliphatic rings. The summed E-state index contributed by atoms with van der Waals surface area (Å²) in [7, 11) is -3.62. The highest BCUT2D eigenvalue weighted by molar-refractivity contribution is 7.89. The number of non-ortho nitro benzene ring substituents is 1. The van der Waals surface area contributed by atoms with Crippen molar-refractivity contribution in [3.05, 3.63) is 34.4 Å². The van der Waals surface area contributed by atoms with Gasteiger partial charge in [-0.2, -0.15) is 4.31 Å². The van der Waals surface area contributed by atoms with Crippen molar-refractivity contribution < 1.29 is 13.3 Å². The predicted molar refractivity (Wildman–Crippen MR) is 69.0 cm³/mol. The third-order valence-electron chi connectivity index (χ3n) is 3.32. The lowest BCUT2D eigenvalue weighted by atomic mass is 10.1. The first-order valence-corrected chi connectivity index (χ1v) is 7.26. The largest absolute Gasteiger partial charge is 0.326 e. The fourth-order valence-corrected chi connectivity index (χ4v) is 3.61. The highest BCUT2D eigenvalue weighted by Crippen LogP contribution is 2.24. The van der Waals surface area contributed by atoms with Gasteiger partial charge in [0.25, 0.3) is 5.69 Å². The minimum absolute atomic E-state index is 0.0550. The summed E-state index contributed by atoms with van der Waals surface area (Å²) in [5.74, 6) is 0.104. The van der Waals surface area contributed by atoms with Crippen molar-refractivity contribution in [2.45, 2.75) is 17.9 Å². The van der Waals surface area contributed by atoms with Crippen molar-refractivity contribution in [1.29, 1.82) is 0 Å². The van der Waals surface area contributed by atoms with Crippen LogP contribution in [0, 0.1) is 16.0 Å². The number of nitrogens with two attached hydrogens (primary N) is 1. The van der Waals surface area contributed by atoms with E-state index >= 15 is 0 Å². The van der Waals surface area contributed by atoms with E-state index in [4.69, 9.17) is 5.73 Å². The van der Waals surface area contributed by atoms with Gasteiger partial charge >= 0.3 is 0 Å². The zero-order valence-corrected chi connectivity index (χ0v) is 11.2. The SMILES string of the molecule is C[C@@H]1CN(S(=O)(=O)c2ccc([N+](=O)[O-])cc2)C[C@H]1N. The zero-order chi connectivity index (χ0) is 14.2. The van der Waals surface area contributed by atoms with E-state index in [2.05, 4.69) is 0 Å². The van der Waals surface area contributed by atoms with Crippen molar-refractivity contribution in [2.75, 3.05) is 13.1 Å². The molecule has 1 aromatic rings. The molecule has 2 atom stereocenters. The average molecular weight is 285 g/mol. The normalized spacial score (nSPS) is 24.5. The van der Waals surface area contributed by atoms with Crippen LogP contribution < -0.4 is 5.73 Å². The molecule has 0 aliphatic carbocycles. The van der Waals surface area contributed by atoms with Crippen LogP contribution >= 0.6 is 0 Å². The molecule has 7 nitrogen and oxygen atoms in total. The Morgan fingerprint density at radius 2 is 1.89 bits per heavy atom. The summed E-state index contributed by atoms with van der Waals surface area (Å²) in [5, 5.41) is 10.5. The van der Waals surface area contributed by atoms with Gasteiger partial charge in [0.1, 0.15) is 0 Å². The van der Waals surface area contributed by atoms with Gasteiger partial charge in [0.15, 0.2) is 0 Å². The highest BCUT2D eigenvalue weighted by Gasteiger charge is 2.35. The predicted octanol–water partition coefficient (Wildman–Crippen LogP) is 0.563. The maximum absolute atomic E-state index is 12.3. The van der Waals surface area contributed by atoms with Crippen LogP contribution in [0.4, 0.5) is 5.69 Å². The molecular formula is C11H15N3O4S. The van der Waals surface area contributed by atoms with Crippen LogP contribution in [0.3, 0.4) is 0 Å². The van der Waals surface area contributed by atoms with E-state index in [1.54, 1.807) is 0 Å².